The molecule has 4 rings (SSSR count). The monoisotopic (exact) mass is 536 g/mol. The number of hydrogen-bond acceptors (Lipinski definition) is 8. The lowest BCUT2D eigenvalue weighted by Gasteiger charge is -2.15. The minimum Gasteiger partial charge on any atom is -0.370 e. The summed E-state index contributed by atoms with van der Waals surface area (Å²) in [4.78, 5) is 42.7. The summed E-state index contributed by atoms with van der Waals surface area (Å²) >= 11 is 11.5. The maximum atomic E-state index is 11.4. The maximum Gasteiger partial charge on any atom is 0.224 e. The van der Waals surface area contributed by atoms with E-state index in [1.165, 1.54) is 0 Å². The van der Waals surface area contributed by atoms with Gasteiger partial charge in [0, 0.05) is 75.6 Å². The number of nitrogens with zero attached hydrogens (tertiary/aromatic N) is 6. The molecule has 0 saturated carbocycles. The highest BCUT2D eigenvalue weighted by atomic mass is 35.5. The fourth-order valence-electron chi connectivity index (χ4n) is 4.03. The predicted molar refractivity (Wildman–Crippen MR) is 141 cm³/mol. The Morgan fingerprint density at radius 1 is 0.778 bits per heavy atom. The van der Waals surface area contributed by atoms with Crippen LogP contribution in [-0.4, -0.2) is 80.8 Å². The third-order valence-electron chi connectivity index (χ3n) is 6.02. The van der Waals surface area contributed by atoms with Crippen LogP contribution in [-0.2, 0) is 9.59 Å². The van der Waals surface area contributed by atoms with Gasteiger partial charge in [-0.15, -0.1) is 0 Å². The zero-order valence-corrected chi connectivity index (χ0v) is 22.4. The molecular formula is C24H34Cl2N8O2. The number of aryl methyl sites for hydroxylation is 2. The second-order valence-corrected chi connectivity index (χ2v) is 9.55. The van der Waals surface area contributed by atoms with Gasteiger partial charge in [0.25, 0.3) is 0 Å². The summed E-state index contributed by atoms with van der Waals surface area (Å²) in [6, 6.07) is 0. The number of anilines is 2. The van der Waals surface area contributed by atoms with E-state index < -0.39 is 0 Å². The first-order chi connectivity index (χ1) is 17.3. The van der Waals surface area contributed by atoms with E-state index in [1.807, 2.05) is 23.6 Å². The molecule has 196 valence electrons. The van der Waals surface area contributed by atoms with Crippen molar-refractivity contribution < 1.29 is 9.59 Å². The first kappa shape index (κ1) is 27.9. The third-order valence-corrected chi connectivity index (χ3v) is 6.39. The Bertz CT molecular complexity index is 958. The van der Waals surface area contributed by atoms with E-state index in [2.05, 4.69) is 30.6 Å². The van der Waals surface area contributed by atoms with Crippen LogP contribution in [0.25, 0.3) is 0 Å². The van der Waals surface area contributed by atoms with Crippen LogP contribution in [0.4, 0.5) is 11.6 Å². The van der Waals surface area contributed by atoms with Crippen LogP contribution in [0.1, 0.15) is 49.7 Å². The van der Waals surface area contributed by atoms with Crippen LogP contribution in [0.3, 0.4) is 0 Å². The summed E-state index contributed by atoms with van der Waals surface area (Å²) in [5.41, 5.74) is 1.94. The number of carbonyl (C=O) groups excluding carboxylic acids is 2. The van der Waals surface area contributed by atoms with Gasteiger partial charge in [-0.25, -0.2) is 19.9 Å². The van der Waals surface area contributed by atoms with E-state index in [0.29, 0.717) is 12.8 Å². The Labute approximate surface area is 222 Å². The number of nitrogens with one attached hydrogen (secondary N) is 2. The fourth-order valence-corrected chi connectivity index (χ4v) is 4.30. The molecule has 0 aliphatic carbocycles. The molecule has 2 N–H and O–H groups in total. The van der Waals surface area contributed by atoms with E-state index >= 15 is 0 Å². The second kappa shape index (κ2) is 14.1. The molecule has 0 aromatic carbocycles. The van der Waals surface area contributed by atoms with E-state index in [4.69, 9.17) is 23.2 Å². The maximum absolute atomic E-state index is 11.4. The van der Waals surface area contributed by atoms with Gasteiger partial charge in [0.15, 0.2) is 0 Å². The van der Waals surface area contributed by atoms with Crippen LogP contribution < -0.4 is 10.6 Å². The summed E-state index contributed by atoms with van der Waals surface area (Å²) in [6.45, 7) is 8.84. The van der Waals surface area contributed by atoms with Gasteiger partial charge in [0.05, 0.1) is 0 Å². The molecule has 0 spiro atoms. The topological polar surface area (TPSA) is 116 Å². The van der Waals surface area contributed by atoms with Crippen molar-refractivity contribution in [3.63, 3.8) is 0 Å². The first-order valence-electron chi connectivity index (χ1n) is 12.3. The Kier molecular flexibility index (Phi) is 10.9. The van der Waals surface area contributed by atoms with Crippen molar-refractivity contribution in [1.29, 1.82) is 0 Å². The van der Waals surface area contributed by atoms with Crippen LogP contribution in [0.5, 0.6) is 0 Å². The Morgan fingerprint density at radius 3 is 1.56 bits per heavy atom. The van der Waals surface area contributed by atoms with Gasteiger partial charge in [-0.2, -0.15) is 0 Å². The van der Waals surface area contributed by atoms with E-state index in [9.17, 15) is 9.59 Å². The van der Waals surface area contributed by atoms with Crippen molar-refractivity contribution in [2.75, 3.05) is 49.9 Å². The van der Waals surface area contributed by atoms with Crippen molar-refractivity contribution >= 4 is 46.7 Å². The lowest BCUT2D eigenvalue weighted by Crippen LogP contribution is -2.27. The Hall–Kier alpha value is -2.72. The third kappa shape index (κ3) is 8.74. The number of carbonyl (C=O) groups is 2. The molecule has 2 aliphatic rings. The number of aromatic nitrogens is 4. The van der Waals surface area contributed by atoms with Crippen molar-refractivity contribution in [2.24, 2.45) is 0 Å². The quantitative estimate of drug-likeness (QED) is 0.348. The molecule has 0 unspecified atom stereocenters. The largest absolute Gasteiger partial charge is 0.370 e. The summed E-state index contributed by atoms with van der Waals surface area (Å²) in [5.74, 6) is 2.08. The normalized spacial score (nSPS) is 15.2. The van der Waals surface area contributed by atoms with Gasteiger partial charge < -0.3 is 20.4 Å². The van der Waals surface area contributed by atoms with Gasteiger partial charge in [-0.1, -0.05) is 0 Å². The van der Waals surface area contributed by atoms with Crippen LogP contribution >= 0.6 is 23.2 Å². The molecule has 2 aromatic heterocycles. The molecule has 2 fully saturated rings. The van der Waals surface area contributed by atoms with Crippen LogP contribution in [0, 0.1) is 13.8 Å². The van der Waals surface area contributed by atoms with Gasteiger partial charge in [0.2, 0.25) is 22.4 Å². The van der Waals surface area contributed by atoms with E-state index in [0.717, 1.165) is 87.7 Å². The zero-order chi connectivity index (χ0) is 25.9. The van der Waals surface area contributed by atoms with Crippen molar-refractivity contribution in [3.05, 3.63) is 34.1 Å². The van der Waals surface area contributed by atoms with E-state index in [1.54, 1.807) is 12.4 Å². The predicted octanol–water partition coefficient (Wildman–Crippen LogP) is 3.73. The molecular weight excluding hydrogens is 503 g/mol. The molecule has 0 radical (unpaired) electrons. The molecule has 36 heavy (non-hydrogen) atoms. The lowest BCUT2D eigenvalue weighted by atomic mass is 10.3. The average Bonchev–Trinajstić information content (AvgIpc) is 3.46. The highest BCUT2D eigenvalue weighted by Gasteiger charge is 2.19. The number of rotatable bonds is 10. The molecule has 0 atom stereocenters. The summed E-state index contributed by atoms with van der Waals surface area (Å²) in [7, 11) is 0. The van der Waals surface area contributed by atoms with Crippen molar-refractivity contribution in [1.82, 2.24) is 29.7 Å². The number of hydrogen-bond donors (Lipinski definition) is 2. The molecule has 0 bridgehead atoms. The van der Waals surface area contributed by atoms with Crippen LogP contribution in [0.2, 0.25) is 10.6 Å². The summed E-state index contributed by atoms with van der Waals surface area (Å²) in [6.07, 6.45) is 8.60. The number of amides is 2. The SMILES string of the molecule is Cc1cnc(Cl)nc1NCCCN1CCCC1=O.Cc1cnc(Cl)nc1NCCCN1CCCC1=O. The molecule has 12 heteroatoms. The van der Waals surface area contributed by atoms with Gasteiger partial charge in [-0.3, -0.25) is 9.59 Å². The first-order valence-corrected chi connectivity index (χ1v) is 13.1. The minimum absolute atomic E-state index is 0.248. The van der Waals surface area contributed by atoms with Crippen LogP contribution in [0.15, 0.2) is 12.4 Å². The molecule has 10 nitrogen and oxygen atoms in total. The summed E-state index contributed by atoms with van der Waals surface area (Å²) < 4.78 is 0. The summed E-state index contributed by atoms with van der Waals surface area (Å²) in [5, 5.41) is 6.93. The Morgan fingerprint density at radius 2 is 1.19 bits per heavy atom. The van der Waals surface area contributed by atoms with Gasteiger partial charge in [0.1, 0.15) is 11.6 Å². The smallest absolute Gasteiger partial charge is 0.224 e. The number of likely N-dealkylation sites (tertiary alicyclic amines) is 2. The Balaban J connectivity index is 0.000000201. The molecule has 2 aromatic rings. The molecule has 2 amide bonds. The fraction of sp³-hybridized carbons (Fsp3) is 0.583. The lowest BCUT2D eigenvalue weighted by molar-refractivity contribution is -0.128. The van der Waals surface area contributed by atoms with E-state index in [-0.39, 0.29) is 22.4 Å². The standard InChI is InChI=1S/2C12H17ClN4O/c2*1-9-8-15-12(13)16-11(9)14-5-3-7-17-6-2-4-10(17)18/h2*8H,2-7H2,1H3,(H,14,15,16). The number of halogens is 2. The second-order valence-electron chi connectivity index (χ2n) is 8.87. The highest BCUT2D eigenvalue weighted by Crippen LogP contribution is 2.15. The highest BCUT2D eigenvalue weighted by molar-refractivity contribution is 6.28. The average molecular weight is 537 g/mol. The molecule has 2 aliphatic heterocycles. The van der Waals surface area contributed by atoms with Crippen molar-refractivity contribution in [3.8, 4) is 0 Å². The van der Waals surface area contributed by atoms with Crippen molar-refractivity contribution in [2.45, 2.75) is 52.4 Å². The zero-order valence-electron chi connectivity index (χ0n) is 20.9. The van der Waals surface area contributed by atoms with Gasteiger partial charge in [-0.05, 0) is 62.7 Å². The molecule has 4 heterocycles. The van der Waals surface area contributed by atoms with Gasteiger partial charge >= 0.3 is 0 Å². The minimum atomic E-state index is 0.248. The molecule has 2 saturated heterocycles.